The smallest absolute Gasteiger partial charge is 0.369 e. The van der Waals surface area contributed by atoms with Gasteiger partial charge in [-0.1, -0.05) is 6.07 Å². The van der Waals surface area contributed by atoms with Gasteiger partial charge in [-0.25, -0.2) is 9.82 Å². The maximum atomic E-state index is 14.4. The highest BCUT2D eigenvalue weighted by atomic mass is 19.4. The maximum absolute atomic E-state index is 14.4. The summed E-state index contributed by atoms with van der Waals surface area (Å²) in [6, 6.07) is 7.11. The average molecular weight is 393 g/mol. The molecule has 1 saturated heterocycles. The Kier molecular flexibility index (Phi) is 5.67. The number of halogens is 4. The highest BCUT2D eigenvalue weighted by Crippen LogP contribution is 2.29. The second-order valence-corrected chi connectivity index (χ2v) is 6.63. The van der Waals surface area contributed by atoms with E-state index in [2.05, 4.69) is 10.5 Å². The quantitative estimate of drug-likeness (QED) is 0.472. The number of nitrogens with zero attached hydrogens (tertiary/aromatic N) is 2. The van der Waals surface area contributed by atoms with E-state index in [-0.39, 0.29) is 11.4 Å². The molecule has 0 radical (unpaired) electrons. The molecule has 2 aromatic carbocycles. The molecule has 1 aliphatic heterocycles. The number of aryl methyl sites for hydroxylation is 1. The highest BCUT2D eigenvalue weighted by Gasteiger charge is 2.30. The van der Waals surface area contributed by atoms with Crippen LogP contribution in [0.15, 0.2) is 41.5 Å². The van der Waals surface area contributed by atoms with Gasteiger partial charge in [-0.15, -0.1) is 0 Å². The zero-order valence-corrected chi connectivity index (χ0v) is 15.2. The van der Waals surface area contributed by atoms with Gasteiger partial charge in [-0.2, -0.15) is 18.3 Å². The Morgan fingerprint density at radius 2 is 1.89 bits per heavy atom. The molecule has 2 aromatic rings. The van der Waals surface area contributed by atoms with Crippen molar-refractivity contribution in [1.29, 1.82) is 0 Å². The van der Waals surface area contributed by atoms with Crippen molar-refractivity contribution in [2.75, 3.05) is 18.0 Å². The molecule has 0 aromatic heterocycles. The van der Waals surface area contributed by atoms with E-state index >= 15 is 0 Å². The predicted molar refractivity (Wildman–Crippen MR) is 99.1 cm³/mol. The summed E-state index contributed by atoms with van der Waals surface area (Å²) in [6.45, 7) is 3.43. The summed E-state index contributed by atoms with van der Waals surface area (Å²) in [4.78, 5) is 14.0. The Morgan fingerprint density at radius 1 is 1.18 bits per heavy atom. The molecule has 4 nitrogen and oxygen atoms in total. The first-order chi connectivity index (χ1) is 13.3. The van der Waals surface area contributed by atoms with Gasteiger partial charge < -0.3 is 4.90 Å². The summed E-state index contributed by atoms with van der Waals surface area (Å²) in [5.41, 5.74) is 2.88. The van der Waals surface area contributed by atoms with Crippen molar-refractivity contribution in [1.82, 2.24) is 5.43 Å². The Morgan fingerprint density at radius 3 is 2.57 bits per heavy atom. The number of rotatable bonds is 4. The summed E-state index contributed by atoms with van der Waals surface area (Å²) in [6.07, 6.45) is -1.20. The van der Waals surface area contributed by atoms with Gasteiger partial charge in [0.1, 0.15) is 5.82 Å². The number of amides is 1. The van der Waals surface area contributed by atoms with Gasteiger partial charge in [-0.3, -0.25) is 4.79 Å². The van der Waals surface area contributed by atoms with Gasteiger partial charge >= 0.3 is 6.18 Å². The Balaban J connectivity index is 1.71. The predicted octanol–water partition coefficient (Wildman–Crippen LogP) is 4.52. The van der Waals surface area contributed by atoms with Crippen molar-refractivity contribution in [3.8, 4) is 0 Å². The molecule has 1 heterocycles. The Labute approximate surface area is 159 Å². The minimum Gasteiger partial charge on any atom is -0.369 e. The zero-order chi connectivity index (χ0) is 20.3. The lowest BCUT2D eigenvalue weighted by atomic mass is 10.1. The van der Waals surface area contributed by atoms with Gasteiger partial charge in [0.15, 0.2) is 0 Å². The lowest BCUT2D eigenvalue weighted by Crippen LogP contribution is -2.20. The summed E-state index contributed by atoms with van der Waals surface area (Å²) < 4.78 is 52.6. The van der Waals surface area contributed by atoms with Crippen molar-refractivity contribution in [2.24, 2.45) is 5.10 Å². The molecule has 0 bridgehead atoms. The van der Waals surface area contributed by atoms with E-state index < -0.39 is 17.6 Å². The van der Waals surface area contributed by atoms with Crippen LogP contribution in [0.25, 0.3) is 0 Å². The van der Waals surface area contributed by atoms with Crippen molar-refractivity contribution in [2.45, 2.75) is 25.9 Å². The molecule has 28 heavy (non-hydrogen) atoms. The van der Waals surface area contributed by atoms with E-state index in [1.165, 1.54) is 18.3 Å². The number of benzene rings is 2. The van der Waals surface area contributed by atoms with Crippen molar-refractivity contribution in [3.05, 3.63) is 64.5 Å². The first-order valence-corrected chi connectivity index (χ1v) is 8.81. The van der Waals surface area contributed by atoms with Crippen molar-refractivity contribution in [3.63, 3.8) is 0 Å². The number of carbonyl (C=O) groups excluding carboxylic acids is 1. The third-order valence-electron chi connectivity index (χ3n) is 4.60. The van der Waals surface area contributed by atoms with Gasteiger partial charge in [0.25, 0.3) is 5.91 Å². The lowest BCUT2D eigenvalue weighted by molar-refractivity contribution is -0.137. The Hall–Kier alpha value is -2.90. The molecule has 0 atom stereocenters. The largest absolute Gasteiger partial charge is 0.416 e. The number of hydrazone groups is 1. The highest BCUT2D eigenvalue weighted by molar-refractivity contribution is 5.95. The fourth-order valence-electron chi connectivity index (χ4n) is 3.08. The molecule has 1 amide bonds. The van der Waals surface area contributed by atoms with Crippen LogP contribution in [0.3, 0.4) is 0 Å². The van der Waals surface area contributed by atoms with E-state index in [1.54, 1.807) is 13.0 Å². The van der Waals surface area contributed by atoms with Crippen LogP contribution in [0.5, 0.6) is 0 Å². The van der Waals surface area contributed by atoms with Crippen LogP contribution in [0.2, 0.25) is 0 Å². The van der Waals surface area contributed by atoms with Gasteiger partial charge in [-0.05, 0) is 55.7 Å². The fourth-order valence-corrected chi connectivity index (χ4v) is 3.08. The number of alkyl halides is 3. The number of hydrogen-bond donors (Lipinski definition) is 1. The topological polar surface area (TPSA) is 44.7 Å². The number of anilines is 1. The average Bonchev–Trinajstić information content (AvgIpc) is 3.18. The lowest BCUT2D eigenvalue weighted by Gasteiger charge is -2.19. The van der Waals surface area contributed by atoms with Crippen LogP contribution in [0.4, 0.5) is 23.2 Å². The molecule has 1 fully saturated rings. The first-order valence-electron chi connectivity index (χ1n) is 8.81. The van der Waals surface area contributed by atoms with E-state index in [0.29, 0.717) is 11.3 Å². The third kappa shape index (κ3) is 4.49. The first kappa shape index (κ1) is 19.9. The fraction of sp³-hybridized carbons (Fsp3) is 0.300. The van der Waals surface area contributed by atoms with E-state index in [9.17, 15) is 22.4 Å². The zero-order valence-electron chi connectivity index (χ0n) is 15.2. The van der Waals surface area contributed by atoms with E-state index in [0.717, 1.165) is 49.7 Å². The van der Waals surface area contributed by atoms with E-state index in [4.69, 9.17) is 0 Å². The van der Waals surface area contributed by atoms with Gasteiger partial charge in [0.2, 0.25) is 0 Å². The van der Waals surface area contributed by atoms with Crippen molar-refractivity contribution < 1.29 is 22.4 Å². The van der Waals surface area contributed by atoms with E-state index in [1.807, 2.05) is 4.90 Å². The maximum Gasteiger partial charge on any atom is 0.416 e. The number of nitrogens with one attached hydrogen (secondary N) is 1. The number of carbonyl (C=O) groups is 1. The van der Waals surface area contributed by atoms with Crippen LogP contribution in [-0.2, 0) is 6.18 Å². The number of hydrogen-bond acceptors (Lipinski definition) is 3. The standard InChI is InChI=1S/C20H19F4N3O/c1-13-9-18(27-7-2-3-8-27)17(21)11-15(13)12-25-26-19(28)14-5-4-6-16(10-14)20(22,23)24/h4-6,9-12H,2-3,7-8H2,1H3,(H,26,28)/b25-12-. The molecule has 148 valence electrons. The van der Waals surface area contributed by atoms with Crippen molar-refractivity contribution >= 4 is 17.8 Å². The van der Waals surface area contributed by atoms with Gasteiger partial charge in [0.05, 0.1) is 17.5 Å². The molecule has 0 spiro atoms. The molecular weight excluding hydrogens is 374 g/mol. The third-order valence-corrected chi connectivity index (χ3v) is 4.60. The summed E-state index contributed by atoms with van der Waals surface area (Å²) in [5.74, 6) is -1.16. The second-order valence-electron chi connectivity index (χ2n) is 6.63. The molecule has 0 saturated carbocycles. The minimum atomic E-state index is -4.54. The monoisotopic (exact) mass is 393 g/mol. The summed E-state index contributed by atoms with van der Waals surface area (Å²) in [7, 11) is 0. The molecule has 1 N–H and O–H groups in total. The Bertz CT molecular complexity index is 903. The van der Waals surface area contributed by atoms with Crippen LogP contribution >= 0.6 is 0 Å². The summed E-state index contributed by atoms with van der Waals surface area (Å²) >= 11 is 0. The summed E-state index contributed by atoms with van der Waals surface area (Å²) in [5, 5.41) is 3.75. The molecule has 1 aliphatic rings. The normalized spacial score (nSPS) is 14.7. The molecule has 0 unspecified atom stereocenters. The molecule has 3 rings (SSSR count). The van der Waals surface area contributed by atoms with Crippen LogP contribution in [-0.4, -0.2) is 25.2 Å². The van der Waals surface area contributed by atoms with Crippen LogP contribution < -0.4 is 10.3 Å². The molecular formula is C20H19F4N3O. The molecule has 0 aliphatic carbocycles. The van der Waals surface area contributed by atoms with Crippen LogP contribution in [0.1, 0.15) is 39.9 Å². The minimum absolute atomic E-state index is 0.167. The van der Waals surface area contributed by atoms with Crippen LogP contribution in [0, 0.1) is 12.7 Å². The SMILES string of the molecule is Cc1cc(N2CCCC2)c(F)cc1/C=N\NC(=O)c1cccc(C(F)(F)F)c1. The second kappa shape index (κ2) is 8.00. The molecule has 8 heteroatoms. The van der Waals surface area contributed by atoms with Gasteiger partial charge in [0, 0.05) is 24.2 Å².